The van der Waals surface area contributed by atoms with Gasteiger partial charge < -0.3 is 4.90 Å². The SMILES string of the molecule is CN(CC(F)F)c1nc2c(cc1C#N)CCCC2. The van der Waals surface area contributed by atoms with Crippen molar-refractivity contribution >= 4 is 5.82 Å². The van der Waals surface area contributed by atoms with Crippen molar-refractivity contribution in [2.24, 2.45) is 0 Å². The van der Waals surface area contributed by atoms with E-state index in [1.165, 1.54) is 4.90 Å². The number of anilines is 1. The third-order valence-corrected chi connectivity index (χ3v) is 3.17. The zero-order chi connectivity index (χ0) is 13.1. The first-order valence-corrected chi connectivity index (χ1v) is 6.04. The molecule has 1 aromatic rings. The molecule has 0 fully saturated rings. The van der Waals surface area contributed by atoms with Crippen LogP contribution in [-0.4, -0.2) is 25.0 Å². The van der Waals surface area contributed by atoms with Crippen LogP contribution in [0.25, 0.3) is 0 Å². The maximum atomic E-state index is 12.4. The van der Waals surface area contributed by atoms with Crippen LogP contribution in [0.3, 0.4) is 0 Å². The van der Waals surface area contributed by atoms with E-state index in [2.05, 4.69) is 11.1 Å². The van der Waals surface area contributed by atoms with Crippen molar-refractivity contribution in [3.63, 3.8) is 0 Å². The molecule has 0 saturated carbocycles. The van der Waals surface area contributed by atoms with E-state index in [4.69, 9.17) is 5.26 Å². The first-order valence-electron chi connectivity index (χ1n) is 6.04. The van der Waals surface area contributed by atoms with Gasteiger partial charge >= 0.3 is 0 Å². The Kier molecular flexibility index (Phi) is 3.75. The van der Waals surface area contributed by atoms with Crippen LogP contribution in [0, 0.1) is 11.3 Å². The van der Waals surface area contributed by atoms with Gasteiger partial charge in [-0.15, -0.1) is 0 Å². The van der Waals surface area contributed by atoms with Crippen molar-refractivity contribution in [2.75, 3.05) is 18.5 Å². The van der Waals surface area contributed by atoms with Crippen molar-refractivity contribution in [2.45, 2.75) is 32.1 Å². The maximum absolute atomic E-state index is 12.4. The molecule has 0 bridgehead atoms. The van der Waals surface area contributed by atoms with Crippen LogP contribution < -0.4 is 4.90 Å². The molecule has 0 saturated heterocycles. The van der Waals surface area contributed by atoms with Gasteiger partial charge in [0.2, 0.25) is 0 Å². The van der Waals surface area contributed by atoms with Gasteiger partial charge in [0, 0.05) is 12.7 Å². The molecule has 0 atom stereocenters. The number of rotatable bonds is 3. The molecule has 0 N–H and O–H groups in total. The highest BCUT2D eigenvalue weighted by molar-refractivity contribution is 5.56. The highest BCUT2D eigenvalue weighted by atomic mass is 19.3. The summed E-state index contributed by atoms with van der Waals surface area (Å²) in [7, 11) is 1.55. The zero-order valence-electron chi connectivity index (χ0n) is 10.3. The van der Waals surface area contributed by atoms with E-state index in [1.807, 2.05) is 0 Å². The largest absolute Gasteiger partial charge is 0.353 e. The minimum Gasteiger partial charge on any atom is -0.353 e. The van der Waals surface area contributed by atoms with Crippen molar-refractivity contribution in [1.29, 1.82) is 5.26 Å². The molecule has 3 nitrogen and oxygen atoms in total. The fourth-order valence-corrected chi connectivity index (χ4v) is 2.29. The van der Waals surface area contributed by atoms with Crippen LogP contribution in [0.15, 0.2) is 6.07 Å². The Morgan fingerprint density at radius 1 is 1.44 bits per heavy atom. The van der Waals surface area contributed by atoms with Crippen molar-refractivity contribution in [3.05, 3.63) is 22.9 Å². The summed E-state index contributed by atoms with van der Waals surface area (Å²) in [4.78, 5) is 5.77. The molecule has 96 valence electrons. The predicted molar refractivity (Wildman–Crippen MR) is 64.9 cm³/mol. The standard InChI is InChI=1S/C13H15F2N3/c1-18(8-12(14)15)13-10(7-16)6-9-4-2-3-5-11(9)17-13/h6,12H,2-5,8H2,1H3. The lowest BCUT2D eigenvalue weighted by Crippen LogP contribution is -2.26. The molecule has 0 radical (unpaired) electrons. The summed E-state index contributed by atoms with van der Waals surface area (Å²) in [5.74, 6) is 0.374. The summed E-state index contributed by atoms with van der Waals surface area (Å²) >= 11 is 0. The maximum Gasteiger partial charge on any atom is 0.255 e. The van der Waals surface area contributed by atoms with Crippen LogP contribution >= 0.6 is 0 Å². The van der Waals surface area contributed by atoms with Crippen LogP contribution in [0.2, 0.25) is 0 Å². The van der Waals surface area contributed by atoms with Gasteiger partial charge in [-0.05, 0) is 37.3 Å². The molecule has 5 heteroatoms. The lowest BCUT2D eigenvalue weighted by molar-refractivity contribution is 0.156. The molecule has 1 aromatic heterocycles. The number of pyridine rings is 1. The average Bonchev–Trinajstić information content (AvgIpc) is 2.36. The highest BCUT2D eigenvalue weighted by Crippen LogP contribution is 2.26. The van der Waals surface area contributed by atoms with Crippen molar-refractivity contribution in [1.82, 2.24) is 4.98 Å². The first-order chi connectivity index (χ1) is 8.61. The van der Waals surface area contributed by atoms with E-state index < -0.39 is 13.0 Å². The number of nitrogens with zero attached hydrogens (tertiary/aromatic N) is 3. The molecule has 0 aromatic carbocycles. The molecule has 18 heavy (non-hydrogen) atoms. The summed E-state index contributed by atoms with van der Waals surface area (Å²) in [6.07, 6.45) is 1.54. The van der Waals surface area contributed by atoms with Gasteiger partial charge in [0.05, 0.1) is 12.1 Å². The summed E-state index contributed by atoms with van der Waals surface area (Å²) in [6.45, 7) is -0.402. The molecule has 0 unspecified atom stereocenters. The third-order valence-electron chi connectivity index (χ3n) is 3.17. The van der Waals surface area contributed by atoms with Crippen LogP contribution in [0.5, 0.6) is 0 Å². The van der Waals surface area contributed by atoms with E-state index >= 15 is 0 Å². The number of aromatic nitrogens is 1. The van der Waals surface area contributed by atoms with Gasteiger partial charge in [-0.3, -0.25) is 0 Å². The van der Waals surface area contributed by atoms with E-state index in [1.54, 1.807) is 13.1 Å². The van der Waals surface area contributed by atoms with E-state index in [0.29, 0.717) is 11.4 Å². The lowest BCUT2D eigenvalue weighted by Gasteiger charge is -2.22. The molecule has 0 aliphatic heterocycles. The van der Waals surface area contributed by atoms with Crippen molar-refractivity contribution in [3.8, 4) is 6.07 Å². The lowest BCUT2D eigenvalue weighted by atomic mass is 9.95. The molecule has 0 amide bonds. The fraction of sp³-hybridized carbons (Fsp3) is 0.538. The van der Waals surface area contributed by atoms with Crippen LogP contribution in [-0.2, 0) is 12.8 Å². The molecule has 1 heterocycles. The predicted octanol–water partition coefficient (Wildman–Crippen LogP) is 2.53. The van der Waals surface area contributed by atoms with E-state index in [9.17, 15) is 8.78 Å². The first kappa shape index (κ1) is 12.7. The number of aryl methyl sites for hydroxylation is 2. The second kappa shape index (κ2) is 5.30. The van der Waals surface area contributed by atoms with Gasteiger partial charge in [-0.2, -0.15) is 5.26 Å². The Morgan fingerprint density at radius 2 is 2.17 bits per heavy atom. The van der Waals surface area contributed by atoms with E-state index in [-0.39, 0.29) is 0 Å². The number of hydrogen-bond donors (Lipinski definition) is 0. The topological polar surface area (TPSA) is 39.9 Å². The third kappa shape index (κ3) is 2.58. The number of hydrogen-bond acceptors (Lipinski definition) is 3. The number of nitriles is 1. The normalized spacial score (nSPS) is 14.2. The second-order valence-electron chi connectivity index (χ2n) is 4.56. The number of fused-ring (bicyclic) bond motifs is 1. The second-order valence-corrected chi connectivity index (χ2v) is 4.56. The number of alkyl halides is 2. The number of halogens is 2. The molecular weight excluding hydrogens is 236 g/mol. The summed E-state index contributed by atoms with van der Waals surface area (Å²) in [5, 5.41) is 9.10. The van der Waals surface area contributed by atoms with Crippen LogP contribution in [0.1, 0.15) is 29.7 Å². The van der Waals surface area contributed by atoms with Gasteiger partial charge in [0.1, 0.15) is 11.9 Å². The molecular formula is C13H15F2N3. The molecule has 2 rings (SSSR count). The average molecular weight is 251 g/mol. The smallest absolute Gasteiger partial charge is 0.255 e. The molecule has 0 spiro atoms. The minimum absolute atomic E-state index is 0.374. The summed E-state index contributed by atoms with van der Waals surface area (Å²) in [6, 6.07) is 3.86. The Balaban J connectivity index is 2.37. The Hall–Kier alpha value is -1.70. The van der Waals surface area contributed by atoms with E-state index in [0.717, 1.165) is 36.9 Å². The van der Waals surface area contributed by atoms with Gasteiger partial charge in [0.25, 0.3) is 6.43 Å². The fourth-order valence-electron chi connectivity index (χ4n) is 2.29. The Morgan fingerprint density at radius 3 is 2.83 bits per heavy atom. The quantitative estimate of drug-likeness (QED) is 0.828. The zero-order valence-corrected chi connectivity index (χ0v) is 10.3. The highest BCUT2D eigenvalue weighted by Gasteiger charge is 2.18. The Labute approximate surface area is 105 Å². The Bertz CT molecular complexity index is 480. The molecule has 1 aliphatic carbocycles. The van der Waals surface area contributed by atoms with Gasteiger partial charge in [-0.1, -0.05) is 0 Å². The van der Waals surface area contributed by atoms with Gasteiger partial charge in [0.15, 0.2) is 0 Å². The van der Waals surface area contributed by atoms with Crippen LogP contribution in [0.4, 0.5) is 14.6 Å². The summed E-state index contributed by atoms with van der Waals surface area (Å²) < 4.78 is 24.8. The van der Waals surface area contributed by atoms with Gasteiger partial charge in [-0.25, -0.2) is 13.8 Å². The monoisotopic (exact) mass is 251 g/mol. The molecule has 1 aliphatic rings. The van der Waals surface area contributed by atoms with Crippen molar-refractivity contribution < 1.29 is 8.78 Å². The summed E-state index contributed by atoms with van der Waals surface area (Å²) in [5.41, 5.74) is 2.43. The minimum atomic E-state index is -2.43.